The number of aliphatic hydroxyl groups is 1. The standard InChI is InChI=1S/C15H14ClF2NO/c1-2-15(20,14-6-4-11(17)9-19-14)8-10-3-5-12(16)13(18)7-10/h3-7,9,20H,2,8H2,1H3. The molecule has 0 aliphatic carbocycles. The fraction of sp³-hybridized carbons (Fsp3) is 0.267. The SMILES string of the molecule is CCC(O)(Cc1ccc(Cl)c(F)c1)c1ccc(F)cn1. The number of rotatable bonds is 4. The highest BCUT2D eigenvalue weighted by atomic mass is 35.5. The molecule has 5 heteroatoms. The van der Waals surface area contributed by atoms with Gasteiger partial charge in [0.1, 0.15) is 17.2 Å². The van der Waals surface area contributed by atoms with E-state index in [2.05, 4.69) is 4.98 Å². The van der Waals surface area contributed by atoms with Gasteiger partial charge in [0.2, 0.25) is 0 Å². The number of pyridine rings is 1. The highest BCUT2D eigenvalue weighted by Gasteiger charge is 2.29. The first kappa shape index (κ1) is 14.9. The summed E-state index contributed by atoms with van der Waals surface area (Å²) in [5.41, 5.74) is -0.312. The molecule has 0 saturated heterocycles. The Labute approximate surface area is 121 Å². The molecule has 1 aromatic heterocycles. The van der Waals surface area contributed by atoms with E-state index in [0.717, 1.165) is 6.20 Å². The van der Waals surface area contributed by atoms with Crippen LogP contribution in [0.5, 0.6) is 0 Å². The summed E-state index contributed by atoms with van der Waals surface area (Å²) in [4.78, 5) is 3.91. The van der Waals surface area contributed by atoms with Gasteiger partial charge in [-0.3, -0.25) is 4.98 Å². The number of halogens is 3. The van der Waals surface area contributed by atoms with Crippen molar-refractivity contribution in [2.75, 3.05) is 0 Å². The smallest absolute Gasteiger partial charge is 0.142 e. The summed E-state index contributed by atoms with van der Waals surface area (Å²) < 4.78 is 26.3. The maximum atomic E-state index is 13.4. The van der Waals surface area contributed by atoms with Gasteiger partial charge in [-0.2, -0.15) is 0 Å². The average Bonchev–Trinajstić information content (AvgIpc) is 2.43. The second kappa shape index (κ2) is 5.85. The second-order valence-corrected chi connectivity index (χ2v) is 5.08. The van der Waals surface area contributed by atoms with Crippen LogP contribution in [0.15, 0.2) is 36.5 Å². The van der Waals surface area contributed by atoms with Gasteiger partial charge in [0.25, 0.3) is 0 Å². The fourth-order valence-electron chi connectivity index (χ4n) is 2.04. The molecular weight excluding hydrogens is 284 g/mol. The number of hydrogen-bond acceptors (Lipinski definition) is 2. The number of hydrogen-bond donors (Lipinski definition) is 1. The van der Waals surface area contributed by atoms with Gasteiger partial charge in [0, 0.05) is 6.42 Å². The van der Waals surface area contributed by atoms with Crippen molar-refractivity contribution in [1.29, 1.82) is 0 Å². The highest BCUT2D eigenvalue weighted by molar-refractivity contribution is 6.30. The normalized spacial score (nSPS) is 14.1. The third kappa shape index (κ3) is 3.14. The van der Waals surface area contributed by atoms with Gasteiger partial charge in [-0.05, 0) is 36.2 Å². The van der Waals surface area contributed by atoms with E-state index in [1.165, 1.54) is 24.3 Å². The van der Waals surface area contributed by atoms with Gasteiger partial charge in [-0.25, -0.2) is 8.78 Å². The zero-order valence-corrected chi connectivity index (χ0v) is 11.7. The van der Waals surface area contributed by atoms with Gasteiger partial charge in [0.05, 0.1) is 16.9 Å². The summed E-state index contributed by atoms with van der Waals surface area (Å²) in [6, 6.07) is 7.05. The fourth-order valence-corrected chi connectivity index (χ4v) is 2.15. The molecular formula is C15H14ClF2NO. The first-order chi connectivity index (χ1) is 9.44. The number of aromatic nitrogens is 1. The Kier molecular flexibility index (Phi) is 4.35. The van der Waals surface area contributed by atoms with Crippen molar-refractivity contribution < 1.29 is 13.9 Å². The molecule has 1 N–H and O–H groups in total. The predicted octanol–water partition coefficient (Wildman–Crippen LogP) is 3.85. The van der Waals surface area contributed by atoms with Crippen molar-refractivity contribution in [1.82, 2.24) is 4.98 Å². The maximum Gasteiger partial charge on any atom is 0.142 e. The van der Waals surface area contributed by atoms with E-state index in [-0.39, 0.29) is 11.4 Å². The van der Waals surface area contributed by atoms with E-state index in [0.29, 0.717) is 17.7 Å². The van der Waals surface area contributed by atoms with Crippen LogP contribution in [0.2, 0.25) is 5.02 Å². The first-order valence-electron chi connectivity index (χ1n) is 6.23. The Balaban J connectivity index is 2.31. The zero-order chi connectivity index (χ0) is 14.8. The van der Waals surface area contributed by atoms with Gasteiger partial charge in [-0.1, -0.05) is 24.6 Å². The average molecular weight is 298 g/mol. The van der Waals surface area contributed by atoms with Crippen LogP contribution in [0.3, 0.4) is 0 Å². The van der Waals surface area contributed by atoms with Gasteiger partial charge >= 0.3 is 0 Å². The van der Waals surface area contributed by atoms with E-state index in [4.69, 9.17) is 11.6 Å². The summed E-state index contributed by atoms with van der Waals surface area (Å²) in [6.07, 6.45) is 1.60. The lowest BCUT2D eigenvalue weighted by Gasteiger charge is -2.26. The number of nitrogens with zero attached hydrogens (tertiary/aromatic N) is 1. The Morgan fingerprint density at radius 1 is 1.25 bits per heavy atom. The first-order valence-corrected chi connectivity index (χ1v) is 6.61. The lowest BCUT2D eigenvalue weighted by molar-refractivity contribution is 0.0281. The molecule has 0 spiro atoms. The van der Waals surface area contributed by atoms with E-state index < -0.39 is 17.2 Å². The quantitative estimate of drug-likeness (QED) is 0.930. The molecule has 1 aromatic carbocycles. The van der Waals surface area contributed by atoms with Crippen LogP contribution in [0, 0.1) is 11.6 Å². The summed E-state index contributed by atoms with van der Waals surface area (Å²) in [6.45, 7) is 1.79. The number of benzene rings is 1. The summed E-state index contributed by atoms with van der Waals surface area (Å²) >= 11 is 5.63. The monoisotopic (exact) mass is 297 g/mol. The minimum atomic E-state index is -1.27. The van der Waals surface area contributed by atoms with Crippen LogP contribution in [-0.4, -0.2) is 10.1 Å². The van der Waals surface area contributed by atoms with Crippen LogP contribution >= 0.6 is 11.6 Å². The molecule has 2 aromatic rings. The molecule has 0 fully saturated rings. The van der Waals surface area contributed by atoms with Crippen LogP contribution in [0.1, 0.15) is 24.6 Å². The lowest BCUT2D eigenvalue weighted by Crippen LogP contribution is -2.29. The third-order valence-electron chi connectivity index (χ3n) is 3.27. The highest BCUT2D eigenvalue weighted by Crippen LogP contribution is 2.29. The Hall–Kier alpha value is -1.52. The molecule has 2 nitrogen and oxygen atoms in total. The van der Waals surface area contributed by atoms with Gasteiger partial charge in [0.15, 0.2) is 0 Å². The van der Waals surface area contributed by atoms with Crippen LogP contribution < -0.4 is 0 Å². The van der Waals surface area contributed by atoms with Crippen LogP contribution in [0.4, 0.5) is 8.78 Å². The molecule has 1 unspecified atom stereocenters. The van der Waals surface area contributed by atoms with E-state index in [1.807, 2.05) is 0 Å². The van der Waals surface area contributed by atoms with E-state index in [1.54, 1.807) is 13.0 Å². The van der Waals surface area contributed by atoms with Crippen LogP contribution in [0.25, 0.3) is 0 Å². The molecule has 0 bridgehead atoms. The molecule has 0 amide bonds. The van der Waals surface area contributed by atoms with Gasteiger partial charge in [-0.15, -0.1) is 0 Å². The topological polar surface area (TPSA) is 33.1 Å². The minimum Gasteiger partial charge on any atom is -0.383 e. The van der Waals surface area contributed by atoms with E-state index in [9.17, 15) is 13.9 Å². The van der Waals surface area contributed by atoms with Crippen molar-refractivity contribution in [3.05, 3.63) is 64.4 Å². The molecule has 0 aliphatic rings. The van der Waals surface area contributed by atoms with Crippen molar-refractivity contribution in [2.45, 2.75) is 25.4 Å². The summed E-state index contributed by atoms with van der Waals surface area (Å²) in [7, 11) is 0. The molecule has 0 radical (unpaired) electrons. The third-order valence-corrected chi connectivity index (χ3v) is 3.58. The van der Waals surface area contributed by atoms with Crippen molar-refractivity contribution >= 4 is 11.6 Å². The maximum absolute atomic E-state index is 13.4. The molecule has 0 aliphatic heterocycles. The Morgan fingerprint density at radius 3 is 2.55 bits per heavy atom. The van der Waals surface area contributed by atoms with E-state index >= 15 is 0 Å². The van der Waals surface area contributed by atoms with Crippen molar-refractivity contribution in [2.24, 2.45) is 0 Å². The lowest BCUT2D eigenvalue weighted by atomic mass is 9.88. The Morgan fingerprint density at radius 2 is 2.00 bits per heavy atom. The van der Waals surface area contributed by atoms with Gasteiger partial charge < -0.3 is 5.11 Å². The van der Waals surface area contributed by atoms with Crippen LogP contribution in [-0.2, 0) is 12.0 Å². The summed E-state index contributed by atoms with van der Waals surface area (Å²) in [5.74, 6) is -1.00. The molecule has 20 heavy (non-hydrogen) atoms. The molecule has 106 valence electrons. The minimum absolute atomic E-state index is 0.0358. The zero-order valence-electron chi connectivity index (χ0n) is 10.9. The molecule has 0 saturated carbocycles. The predicted molar refractivity (Wildman–Crippen MR) is 73.5 cm³/mol. The second-order valence-electron chi connectivity index (χ2n) is 4.67. The Bertz CT molecular complexity index is 603. The molecule has 1 heterocycles. The molecule has 1 atom stereocenters. The molecule has 2 rings (SSSR count). The van der Waals surface area contributed by atoms with Crippen molar-refractivity contribution in [3.63, 3.8) is 0 Å². The largest absolute Gasteiger partial charge is 0.383 e. The summed E-state index contributed by atoms with van der Waals surface area (Å²) in [5, 5.41) is 10.7. The van der Waals surface area contributed by atoms with Crippen molar-refractivity contribution in [3.8, 4) is 0 Å².